The number of pyridine rings is 1. The lowest BCUT2D eigenvalue weighted by Gasteiger charge is -2.04. The van der Waals surface area contributed by atoms with Crippen LogP contribution >= 0.6 is 0 Å². The molecular formula is C12H13FN4O. The van der Waals surface area contributed by atoms with Crippen molar-refractivity contribution in [2.24, 2.45) is 0 Å². The van der Waals surface area contributed by atoms with E-state index in [4.69, 9.17) is 0 Å². The van der Waals surface area contributed by atoms with Crippen molar-refractivity contribution in [3.8, 4) is 0 Å². The number of anilines is 1. The molecule has 5 nitrogen and oxygen atoms in total. The minimum atomic E-state index is -0.325. The molecule has 0 saturated heterocycles. The monoisotopic (exact) mass is 248 g/mol. The van der Waals surface area contributed by atoms with Gasteiger partial charge in [-0.25, -0.2) is 4.39 Å². The normalized spacial score (nSPS) is 10.4. The van der Waals surface area contributed by atoms with E-state index in [0.717, 1.165) is 0 Å². The highest BCUT2D eigenvalue weighted by Crippen LogP contribution is 2.11. The Balaban J connectivity index is 2.16. The minimum absolute atomic E-state index is 0.194. The van der Waals surface area contributed by atoms with Crippen LogP contribution in [0.1, 0.15) is 18.2 Å². The van der Waals surface area contributed by atoms with Gasteiger partial charge in [0.05, 0.1) is 12.2 Å². The van der Waals surface area contributed by atoms with Crippen LogP contribution in [0.5, 0.6) is 0 Å². The van der Waals surface area contributed by atoms with Crippen LogP contribution in [0.2, 0.25) is 0 Å². The maximum atomic E-state index is 13.7. The summed E-state index contributed by atoms with van der Waals surface area (Å²) in [5.74, 6) is -0.0789. The van der Waals surface area contributed by atoms with E-state index in [9.17, 15) is 9.18 Å². The lowest BCUT2D eigenvalue weighted by molar-refractivity contribution is -0.114. The number of nitrogens with zero attached hydrogens (tertiary/aromatic N) is 3. The fraction of sp³-hybridized carbons (Fsp3) is 0.250. The number of carbonyl (C=O) groups excluding carboxylic acids is 1. The Morgan fingerprint density at radius 3 is 3.00 bits per heavy atom. The summed E-state index contributed by atoms with van der Waals surface area (Å²) in [6, 6.07) is 3.26. The van der Waals surface area contributed by atoms with E-state index in [1.807, 2.05) is 0 Å². The minimum Gasteiger partial charge on any atom is -0.309 e. The SMILES string of the molecule is CC(=O)Nc1ccn(Cc2nccc(C)c2F)n1. The van der Waals surface area contributed by atoms with Crippen molar-refractivity contribution in [2.45, 2.75) is 20.4 Å². The number of aryl methyl sites for hydroxylation is 1. The Morgan fingerprint density at radius 1 is 1.50 bits per heavy atom. The molecule has 6 heteroatoms. The highest BCUT2D eigenvalue weighted by atomic mass is 19.1. The molecule has 0 spiro atoms. The van der Waals surface area contributed by atoms with Crippen LogP contribution in [0, 0.1) is 12.7 Å². The molecule has 1 amide bonds. The Hall–Kier alpha value is -2.24. The summed E-state index contributed by atoms with van der Waals surface area (Å²) in [6.07, 6.45) is 3.22. The first kappa shape index (κ1) is 12.2. The summed E-state index contributed by atoms with van der Waals surface area (Å²) in [6.45, 7) is 3.32. The predicted molar refractivity (Wildman–Crippen MR) is 64.6 cm³/mol. The fourth-order valence-electron chi connectivity index (χ4n) is 1.56. The first-order valence-corrected chi connectivity index (χ1v) is 5.47. The first-order chi connectivity index (χ1) is 8.56. The van der Waals surface area contributed by atoms with Gasteiger partial charge in [-0.2, -0.15) is 5.10 Å². The average molecular weight is 248 g/mol. The van der Waals surface area contributed by atoms with Gasteiger partial charge in [-0.15, -0.1) is 0 Å². The summed E-state index contributed by atoms with van der Waals surface area (Å²) >= 11 is 0. The number of rotatable bonds is 3. The molecule has 0 aliphatic rings. The Morgan fingerprint density at radius 2 is 2.28 bits per heavy atom. The van der Waals surface area contributed by atoms with Gasteiger partial charge in [-0.3, -0.25) is 14.5 Å². The molecule has 0 fully saturated rings. The molecule has 0 bridgehead atoms. The number of amides is 1. The molecule has 0 unspecified atom stereocenters. The number of hydrogen-bond donors (Lipinski definition) is 1. The van der Waals surface area contributed by atoms with Crippen LogP contribution < -0.4 is 5.32 Å². The second-order valence-electron chi connectivity index (χ2n) is 3.97. The van der Waals surface area contributed by atoms with Gasteiger partial charge in [0.1, 0.15) is 5.82 Å². The van der Waals surface area contributed by atoms with Gasteiger partial charge in [-0.05, 0) is 18.6 Å². The molecular weight excluding hydrogens is 235 g/mol. The molecule has 2 rings (SSSR count). The van der Waals surface area contributed by atoms with Crippen molar-refractivity contribution in [1.29, 1.82) is 0 Å². The lowest BCUT2D eigenvalue weighted by Crippen LogP contribution is -2.09. The van der Waals surface area contributed by atoms with Crippen LogP contribution in [0.4, 0.5) is 10.2 Å². The van der Waals surface area contributed by atoms with Crippen molar-refractivity contribution in [3.05, 3.63) is 41.6 Å². The van der Waals surface area contributed by atoms with Gasteiger partial charge < -0.3 is 5.32 Å². The lowest BCUT2D eigenvalue weighted by atomic mass is 10.2. The summed E-state index contributed by atoms with van der Waals surface area (Å²) in [7, 11) is 0. The zero-order valence-corrected chi connectivity index (χ0v) is 10.1. The van der Waals surface area contributed by atoms with Gasteiger partial charge in [0.15, 0.2) is 5.82 Å². The molecule has 94 valence electrons. The summed E-state index contributed by atoms with van der Waals surface area (Å²) in [5.41, 5.74) is 0.877. The molecule has 0 aliphatic heterocycles. The van der Waals surface area contributed by atoms with Crippen LogP contribution in [-0.2, 0) is 11.3 Å². The van der Waals surface area contributed by atoms with E-state index in [-0.39, 0.29) is 18.3 Å². The molecule has 2 aromatic rings. The second-order valence-corrected chi connectivity index (χ2v) is 3.97. The summed E-state index contributed by atoms with van der Waals surface area (Å²) < 4.78 is 15.3. The predicted octanol–water partition coefficient (Wildman–Crippen LogP) is 1.73. The summed E-state index contributed by atoms with van der Waals surface area (Å²) in [4.78, 5) is 14.8. The van der Waals surface area contributed by atoms with E-state index < -0.39 is 0 Å². The number of carbonyl (C=O) groups is 1. The van der Waals surface area contributed by atoms with Crippen molar-refractivity contribution < 1.29 is 9.18 Å². The third-order valence-electron chi connectivity index (χ3n) is 2.41. The van der Waals surface area contributed by atoms with Gasteiger partial charge >= 0.3 is 0 Å². The van der Waals surface area contributed by atoms with Crippen LogP contribution in [0.15, 0.2) is 24.5 Å². The molecule has 0 aromatic carbocycles. The van der Waals surface area contributed by atoms with Crippen LogP contribution in [0.25, 0.3) is 0 Å². The highest BCUT2D eigenvalue weighted by Gasteiger charge is 2.08. The van der Waals surface area contributed by atoms with Crippen molar-refractivity contribution >= 4 is 11.7 Å². The van der Waals surface area contributed by atoms with Gasteiger partial charge in [0.25, 0.3) is 0 Å². The molecule has 1 N–H and O–H groups in total. The smallest absolute Gasteiger partial charge is 0.222 e. The van der Waals surface area contributed by atoms with Crippen molar-refractivity contribution in [1.82, 2.24) is 14.8 Å². The van der Waals surface area contributed by atoms with Gasteiger partial charge in [0.2, 0.25) is 5.91 Å². The fourth-order valence-corrected chi connectivity index (χ4v) is 1.56. The maximum absolute atomic E-state index is 13.7. The molecule has 2 aromatic heterocycles. The van der Waals surface area contributed by atoms with E-state index in [2.05, 4.69) is 15.4 Å². The van der Waals surface area contributed by atoms with E-state index >= 15 is 0 Å². The molecule has 0 atom stereocenters. The van der Waals surface area contributed by atoms with Crippen LogP contribution in [0.3, 0.4) is 0 Å². The average Bonchev–Trinajstić information content (AvgIpc) is 2.71. The molecule has 2 heterocycles. The molecule has 18 heavy (non-hydrogen) atoms. The highest BCUT2D eigenvalue weighted by molar-refractivity contribution is 5.87. The molecule has 0 radical (unpaired) electrons. The zero-order chi connectivity index (χ0) is 13.1. The summed E-state index contributed by atoms with van der Waals surface area (Å²) in [5, 5.41) is 6.65. The Kier molecular flexibility index (Phi) is 3.36. The topological polar surface area (TPSA) is 59.8 Å². The third kappa shape index (κ3) is 2.71. The second kappa shape index (κ2) is 4.95. The third-order valence-corrected chi connectivity index (χ3v) is 2.41. The molecule has 0 aliphatic carbocycles. The number of nitrogens with one attached hydrogen (secondary N) is 1. The number of hydrogen-bond acceptors (Lipinski definition) is 3. The largest absolute Gasteiger partial charge is 0.309 e. The maximum Gasteiger partial charge on any atom is 0.222 e. The number of aromatic nitrogens is 3. The number of halogens is 1. The van der Waals surface area contributed by atoms with E-state index in [1.165, 1.54) is 11.6 Å². The zero-order valence-electron chi connectivity index (χ0n) is 10.1. The van der Waals surface area contributed by atoms with Crippen molar-refractivity contribution in [3.63, 3.8) is 0 Å². The van der Waals surface area contributed by atoms with Crippen LogP contribution in [-0.4, -0.2) is 20.7 Å². The Labute approximate surface area is 104 Å². The first-order valence-electron chi connectivity index (χ1n) is 5.47. The van der Waals surface area contributed by atoms with E-state index in [1.54, 1.807) is 31.5 Å². The quantitative estimate of drug-likeness (QED) is 0.899. The van der Waals surface area contributed by atoms with Crippen molar-refractivity contribution in [2.75, 3.05) is 5.32 Å². The standard InChI is InChI=1S/C12H13FN4O/c1-8-3-5-14-10(12(8)13)7-17-6-4-11(16-17)15-9(2)18/h3-6H,7H2,1-2H3,(H,15,16,18). The Bertz CT molecular complexity index is 579. The molecule has 0 saturated carbocycles. The van der Waals surface area contributed by atoms with Gasteiger partial charge in [0, 0.05) is 25.4 Å². The van der Waals surface area contributed by atoms with E-state index in [0.29, 0.717) is 17.1 Å². The van der Waals surface area contributed by atoms with Gasteiger partial charge in [-0.1, -0.05) is 0 Å².